The predicted octanol–water partition coefficient (Wildman–Crippen LogP) is 2.67. The van der Waals surface area contributed by atoms with Crippen LogP contribution in [0.4, 0.5) is 10.1 Å². The maximum absolute atomic E-state index is 13.2. The van der Waals surface area contributed by atoms with Crippen molar-refractivity contribution in [3.05, 3.63) is 29.6 Å². The number of hydrogen-bond donors (Lipinski definition) is 0. The summed E-state index contributed by atoms with van der Waals surface area (Å²) in [6, 6.07) is 4.45. The van der Waals surface area contributed by atoms with Gasteiger partial charge in [-0.1, -0.05) is 0 Å². The number of hydrogen-bond acceptors (Lipinski definition) is 2. The molecule has 13 heavy (non-hydrogen) atoms. The summed E-state index contributed by atoms with van der Waals surface area (Å²) in [6.07, 6.45) is 3.51. The highest BCUT2D eigenvalue weighted by Crippen LogP contribution is 2.42. The third-order valence-corrected chi connectivity index (χ3v) is 2.17. The Hall–Kier alpha value is -1.47. The zero-order chi connectivity index (χ0) is 9.26. The van der Waals surface area contributed by atoms with E-state index in [2.05, 4.69) is 4.99 Å². The van der Waals surface area contributed by atoms with E-state index < -0.39 is 0 Å². The quantitative estimate of drug-likeness (QED) is 0.504. The van der Waals surface area contributed by atoms with Crippen LogP contribution in [-0.2, 0) is 4.79 Å². The Morgan fingerprint density at radius 2 is 2.23 bits per heavy atom. The van der Waals surface area contributed by atoms with Crippen LogP contribution in [0.1, 0.15) is 24.3 Å². The Labute approximate surface area is 75.1 Å². The molecule has 0 aliphatic heterocycles. The average Bonchev–Trinajstić information content (AvgIpc) is 2.92. The fourth-order valence-electron chi connectivity index (χ4n) is 1.36. The van der Waals surface area contributed by atoms with Crippen LogP contribution in [0.15, 0.2) is 23.2 Å². The average molecular weight is 177 g/mol. The Bertz CT molecular complexity index is 379. The molecule has 2 nitrogen and oxygen atoms in total. The van der Waals surface area contributed by atoms with E-state index in [1.165, 1.54) is 18.2 Å². The molecule has 66 valence electrons. The molecule has 2 rings (SSSR count). The van der Waals surface area contributed by atoms with E-state index in [1.54, 1.807) is 6.07 Å². The number of carbonyl (C=O) groups excluding carboxylic acids is 1. The Morgan fingerprint density at radius 1 is 1.46 bits per heavy atom. The smallest absolute Gasteiger partial charge is 0.211 e. The summed E-state index contributed by atoms with van der Waals surface area (Å²) >= 11 is 0. The van der Waals surface area contributed by atoms with Gasteiger partial charge >= 0.3 is 0 Å². The lowest BCUT2D eigenvalue weighted by Gasteiger charge is -2.00. The molecule has 1 aromatic rings. The van der Waals surface area contributed by atoms with Crippen molar-refractivity contribution in [2.75, 3.05) is 0 Å². The van der Waals surface area contributed by atoms with Crippen LogP contribution >= 0.6 is 0 Å². The molecule has 0 spiro atoms. The van der Waals surface area contributed by atoms with Gasteiger partial charge in [-0.05, 0) is 42.5 Å². The van der Waals surface area contributed by atoms with Gasteiger partial charge in [0.2, 0.25) is 6.08 Å². The molecule has 1 aromatic carbocycles. The van der Waals surface area contributed by atoms with Crippen molar-refractivity contribution in [1.29, 1.82) is 0 Å². The Balaban J connectivity index is 2.41. The van der Waals surface area contributed by atoms with Crippen molar-refractivity contribution in [3.8, 4) is 0 Å². The van der Waals surface area contributed by atoms with Crippen molar-refractivity contribution in [2.24, 2.45) is 4.99 Å². The lowest BCUT2D eigenvalue weighted by atomic mass is 10.1. The molecule has 1 saturated carbocycles. The van der Waals surface area contributed by atoms with E-state index in [9.17, 15) is 9.18 Å². The minimum absolute atomic E-state index is 0.202. The number of halogens is 1. The largest absolute Gasteiger partial charge is 0.240 e. The number of benzene rings is 1. The van der Waals surface area contributed by atoms with Gasteiger partial charge in [-0.3, -0.25) is 0 Å². The highest BCUT2D eigenvalue weighted by atomic mass is 19.1. The number of nitrogens with zero attached hydrogens (tertiary/aromatic N) is 1. The molecule has 0 bridgehead atoms. The highest BCUT2D eigenvalue weighted by Gasteiger charge is 2.26. The minimum Gasteiger partial charge on any atom is -0.211 e. The van der Waals surface area contributed by atoms with Gasteiger partial charge in [0.1, 0.15) is 5.82 Å². The van der Waals surface area contributed by atoms with E-state index in [0.717, 1.165) is 12.8 Å². The van der Waals surface area contributed by atoms with Crippen LogP contribution in [-0.4, -0.2) is 6.08 Å². The fraction of sp³-hybridized carbons (Fsp3) is 0.300. The van der Waals surface area contributed by atoms with Crippen molar-refractivity contribution in [3.63, 3.8) is 0 Å². The van der Waals surface area contributed by atoms with Crippen LogP contribution in [0.25, 0.3) is 0 Å². The van der Waals surface area contributed by atoms with Gasteiger partial charge in [0, 0.05) is 0 Å². The van der Waals surface area contributed by atoms with Gasteiger partial charge in [0.25, 0.3) is 0 Å². The van der Waals surface area contributed by atoms with Crippen LogP contribution in [0, 0.1) is 5.82 Å². The molecule has 1 aliphatic carbocycles. The van der Waals surface area contributed by atoms with E-state index in [4.69, 9.17) is 0 Å². The first-order valence-corrected chi connectivity index (χ1v) is 4.18. The van der Waals surface area contributed by atoms with Crippen LogP contribution < -0.4 is 0 Å². The van der Waals surface area contributed by atoms with E-state index in [-0.39, 0.29) is 5.82 Å². The molecule has 0 amide bonds. The second kappa shape index (κ2) is 3.11. The summed E-state index contributed by atoms with van der Waals surface area (Å²) in [7, 11) is 0. The summed E-state index contributed by atoms with van der Waals surface area (Å²) in [4.78, 5) is 13.4. The standard InChI is InChI=1S/C10H8FNO/c11-10-4-3-8(12-6-13)5-9(10)7-1-2-7/h3-5,7H,1-2H2. The Kier molecular flexibility index (Phi) is 1.95. The fourth-order valence-corrected chi connectivity index (χ4v) is 1.36. The van der Waals surface area contributed by atoms with Crippen molar-refractivity contribution in [1.82, 2.24) is 0 Å². The first-order valence-electron chi connectivity index (χ1n) is 4.18. The van der Waals surface area contributed by atoms with Gasteiger partial charge in [-0.15, -0.1) is 0 Å². The zero-order valence-corrected chi connectivity index (χ0v) is 6.96. The summed E-state index contributed by atoms with van der Waals surface area (Å²) in [5, 5.41) is 0. The summed E-state index contributed by atoms with van der Waals surface area (Å²) in [6.45, 7) is 0. The third-order valence-electron chi connectivity index (χ3n) is 2.17. The first kappa shape index (κ1) is 8.14. The van der Waals surface area contributed by atoms with Crippen molar-refractivity contribution in [2.45, 2.75) is 18.8 Å². The molecule has 3 heteroatoms. The minimum atomic E-state index is -0.202. The first-order chi connectivity index (χ1) is 6.31. The molecular formula is C10H8FNO. The SMILES string of the molecule is O=C=Nc1ccc(F)c(C2CC2)c1. The molecule has 0 radical (unpaired) electrons. The maximum Gasteiger partial charge on any atom is 0.240 e. The van der Waals surface area contributed by atoms with Crippen LogP contribution in [0.2, 0.25) is 0 Å². The molecule has 1 fully saturated rings. The summed E-state index contributed by atoms with van der Waals surface area (Å²) in [5.41, 5.74) is 1.16. The molecule has 0 heterocycles. The molecular weight excluding hydrogens is 169 g/mol. The molecule has 1 aliphatic rings. The second-order valence-electron chi connectivity index (χ2n) is 3.18. The third kappa shape index (κ3) is 1.65. The zero-order valence-electron chi connectivity index (χ0n) is 6.96. The van der Waals surface area contributed by atoms with Gasteiger partial charge in [-0.25, -0.2) is 9.18 Å². The van der Waals surface area contributed by atoms with Gasteiger partial charge in [0.05, 0.1) is 5.69 Å². The Morgan fingerprint density at radius 3 is 2.85 bits per heavy atom. The van der Waals surface area contributed by atoms with E-state index in [1.807, 2.05) is 0 Å². The van der Waals surface area contributed by atoms with Gasteiger partial charge in [0.15, 0.2) is 0 Å². The van der Waals surface area contributed by atoms with Crippen molar-refractivity contribution >= 4 is 11.8 Å². The lowest BCUT2D eigenvalue weighted by molar-refractivity contribution is 0.565. The van der Waals surface area contributed by atoms with Gasteiger partial charge < -0.3 is 0 Å². The number of isocyanates is 1. The summed E-state index contributed by atoms with van der Waals surface area (Å²) < 4.78 is 13.2. The molecule has 0 saturated heterocycles. The molecule has 0 unspecified atom stereocenters. The topological polar surface area (TPSA) is 29.4 Å². The second-order valence-corrected chi connectivity index (χ2v) is 3.18. The molecule has 0 aromatic heterocycles. The molecule has 0 N–H and O–H groups in total. The van der Waals surface area contributed by atoms with Gasteiger partial charge in [-0.2, -0.15) is 4.99 Å². The summed E-state index contributed by atoms with van der Waals surface area (Å²) in [5.74, 6) is 0.133. The molecule has 0 atom stereocenters. The number of rotatable bonds is 2. The van der Waals surface area contributed by atoms with Crippen LogP contribution in [0.5, 0.6) is 0 Å². The number of aliphatic imine (C=N–C) groups is 1. The van der Waals surface area contributed by atoms with E-state index in [0.29, 0.717) is 17.2 Å². The predicted molar refractivity (Wildman–Crippen MR) is 46.2 cm³/mol. The maximum atomic E-state index is 13.2. The monoisotopic (exact) mass is 177 g/mol. The van der Waals surface area contributed by atoms with Crippen LogP contribution in [0.3, 0.4) is 0 Å². The van der Waals surface area contributed by atoms with Crippen molar-refractivity contribution < 1.29 is 9.18 Å². The normalized spacial score (nSPS) is 15.2. The highest BCUT2D eigenvalue weighted by molar-refractivity contribution is 5.51. The lowest BCUT2D eigenvalue weighted by Crippen LogP contribution is -1.85. The van der Waals surface area contributed by atoms with E-state index >= 15 is 0 Å².